The lowest BCUT2D eigenvalue weighted by molar-refractivity contribution is 0.541. The monoisotopic (exact) mass is 202 g/mol. The summed E-state index contributed by atoms with van der Waals surface area (Å²) in [6, 6.07) is 8.57. The first-order valence-corrected chi connectivity index (χ1v) is 5.31. The van der Waals surface area contributed by atoms with E-state index >= 15 is 0 Å². The van der Waals surface area contributed by atoms with Crippen molar-refractivity contribution in [1.82, 2.24) is 4.57 Å². The molecular weight excluding hydrogens is 184 g/mol. The minimum Gasteiger partial charge on any atom is -0.350 e. The van der Waals surface area contributed by atoms with Crippen molar-refractivity contribution in [3.05, 3.63) is 36.0 Å². The first kappa shape index (κ1) is 10.2. The van der Waals surface area contributed by atoms with Crippen molar-refractivity contribution in [3.63, 3.8) is 0 Å². The molecule has 1 aromatic heterocycles. The molecule has 2 rings (SSSR count). The van der Waals surface area contributed by atoms with E-state index < -0.39 is 0 Å². The zero-order valence-corrected chi connectivity index (χ0v) is 9.62. The van der Waals surface area contributed by atoms with Gasteiger partial charge < -0.3 is 10.3 Å². The standard InChI is InChI=1S/C13H18N2/c1-13(2,9-14)11-6-4-5-10-7-8-15(3)12(10)11/h4-8H,9,14H2,1-3H3. The quantitative estimate of drug-likeness (QED) is 0.796. The normalized spacial score (nSPS) is 12.3. The van der Waals surface area contributed by atoms with Gasteiger partial charge in [0.25, 0.3) is 0 Å². The fourth-order valence-electron chi connectivity index (χ4n) is 2.01. The van der Waals surface area contributed by atoms with Crippen molar-refractivity contribution < 1.29 is 0 Å². The van der Waals surface area contributed by atoms with E-state index in [1.54, 1.807) is 0 Å². The summed E-state index contributed by atoms with van der Waals surface area (Å²) < 4.78 is 2.17. The van der Waals surface area contributed by atoms with Gasteiger partial charge in [0.15, 0.2) is 0 Å². The summed E-state index contributed by atoms with van der Waals surface area (Å²) >= 11 is 0. The maximum atomic E-state index is 5.84. The number of aryl methyl sites for hydroxylation is 1. The van der Waals surface area contributed by atoms with Gasteiger partial charge >= 0.3 is 0 Å². The first-order chi connectivity index (χ1) is 7.06. The predicted octanol–water partition coefficient (Wildman–Crippen LogP) is 2.41. The van der Waals surface area contributed by atoms with Crippen molar-refractivity contribution in [2.45, 2.75) is 19.3 Å². The molecule has 0 atom stereocenters. The largest absolute Gasteiger partial charge is 0.350 e. The summed E-state index contributed by atoms with van der Waals surface area (Å²) in [6.07, 6.45) is 2.10. The van der Waals surface area contributed by atoms with E-state index in [0.717, 1.165) is 0 Å². The molecule has 2 heteroatoms. The van der Waals surface area contributed by atoms with Crippen molar-refractivity contribution >= 4 is 10.9 Å². The number of hydrogen-bond donors (Lipinski definition) is 1. The second-order valence-electron chi connectivity index (χ2n) is 4.76. The smallest absolute Gasteiger partial charge is 0.0516 e. The minimum atomic E-state index is 0.0334. The van der Waals surface area contributed by atoms with Gasteiger partial charge in [0.1, 0.15) is 0 Å². The van der Waals surface area contributed by atoms with Crippen LogP contribution in [0.2, 0.25) is 0 Å². The summed E-state index contributed by atoms with van der Waals surface area (Å²) in [4.78, 5) is 0. The summed E-state index contributed by atoms with van der Waals surface area (Å²) in [5, 5.41) is 1.29. The summed E-state index contributed by atoms with van der Waals surface area (Å²) in [7, 11) is 2.08. The number of aromatic nitrogens is 1. The Bertz CT molecular complexity index is 480. The van der Waals surface area contributed by atoms with Crippen molar-refractivity contribution in [3.8, 4) is 0 Å². The van der Waals surface area contributed by atoms with Gasteiger partial charge in [-0.05, 0) is 17.0 Å². The lowest BCUT2D eigenvalue weighted by Crippen LogP contribution is -2.28. The molecule has 0 spiro atoms. The van der Waals surface area contributed by atoms with Crippen LogP contribution in [-0.4, -0.2) is 11.1 Å². The van der Waals surface area contributed by atoms with Gasteiger partial charge in [0.2, 0.25) is 0 Å². The highest BCUT2D eigenvalue weighted by Gasteiger charge is 2.21. The van der Waals surface area contributed by atoms with Crippen LogP contribution in [0.3, 0.4) is 0 Å². The Morgan fingerprint density at radius 1 is 1.27 bits per heavy atom. The van der Waals surface area contributed by atoms with Crippen molar-refractivity contribution in [2.24, 2.45) is 12.8 Å². The zero-order valence-electron chi connectivity index (χ0n) is 9.62. The molecule has 0 saturated carbocycles. The molecule has 2 aromatic rings. The third kappa shape index (κ3) is 1.55. The van der Waals surface area contributed by atoms with Crippen LogP contribution in [-0.2, 0) is 12.5 Å². The van der Waals surface area contributed by atoms with Gasteiger partial charge in [0.05, 0.1) is 5.52 Å². The molecule has 0 radical (unpaired) electrons. The van der Waals surface area contributed by atoms with Gasteiger partial charge in [-0.25, -0.2) is 0 Å². The number of nitrogens with two attached hydrogens (primary N) is 1. The number of hydrogen-bond acceptors (Lipinski definition) is 1. The van der Waals surface area contributed by atoms with E-state index in [2.05, 4.69) is 55.9 Å². The maximum Gasteiger partial charge on any atom is 0.0516 e. The molecule has 0 saturated heterocycles. The Kier molecular flexibility index (Phi) is 2.31. The van der Waals surface area contributed by atoms with Crippen LogP contribution < -0.4 is 5.73 Å². The highest BCUT2D eigenvalue weighted by molar-refractivity contribution is 5.84. The Balaban J connectivity index is 2.75. The average molecular weight is 202 g/mol. The molecule has 0 aliphatic heterocycles. The summed E-state index contributed by atoms with van der Waals surface area (Å²) in [6.45, 7) is 5.04. The molecule has 15 heavy (non-hydrogen) atoms. The van der Waals surface area contributed by atoms with Crippen LogP contribution >= 0.6 is 0 Å². The van der Waals surface area contributed by atoms with E-state index in [0.29, 0.717) is 6.54 Å². The van der Waals surface area contributed by atoms with E-state index in [1.165, 1.54) is 16.5 Å². The number of nitrogens with zero attached hydrogens (tertiary/aromatic N) is 1. The fourth-order valence-corrected chi connectivity index (χ4v) is 2.01. The molecule has 0 fully saturated rings. The topological polar surface area (TPSA) is 30.9 Å². The van der Waals surface area contributed by atoms with Crippen LogP contribution in [0.15, 0.2) is 30.5 Å². The average Bonchev–Trinajstić information content (AvgIpc) is 2.60. The van der Waals surface area contributed by atoms with Gasteiger partial charge in [-0.3, -0.25) is 0 Å². The SMILES string of the molecule is Cn1ccc2cccc(C(C)(C)CN)c21. The zero-order chi connectivity index (χ0) is 11.1. The lowest BCUT2D eigenvalue weighted by atomic mass is 9.83. The van der Waals surface area contributed by atoms with Crippen molar-refractivity contribution in [1.29, 1.82) is 0 Å². The van der Waals surface area contributed by atoms with Crippen LogP contribution in [0.25, 0.3) is 10.9 Å². The van der Waals surface area contributed by atoms with Crippen LogP contribution in [0.4, 0.5) is 0 Å². The van der Waals surface area contributed by atoms with E-state index in [4.69, 9.17) is 5.73 Å². The molecule has 2 N–H and O–H groups in total. The molecule has 0 amide bonds. The van der Waals surface area contributed by atoms with E-state index in [1.807, 2.05) is 0 Å². The minimum absolute atomic E-state index is 0.0334. The molecule has 0 bridgehead atoms. The summed E-state index contributed by atoms with van der Waals surface area (Å²) in [5.41, 5.74) is 8.50. The highest BCUT2D eigenvalue weighted by atomic mass is 14.9. The Hall–Kier alpha value is -1.28. The van der Waals surface area contributed by atoms with Crippen LogP contribution in [0.5, 0.6) is 0 Å². The number of rotatable bonds is 2. The highest BCUT2D eigenvalue weighted by Crippen LogP contribution is 2.29. The van der Waals surface area contributed by atoms with Gasteiger partial charge in [0, 0.05) is 25.2 Å². The van der Waals surface area contributed by atoms with E-state index in [-0.39, 0.29) is 5.41 Å². The molecular formula is C13H18N2. The van der Waals surface area contributed by atoms with Gasteiger partial charge in [-0.2, -0.15) is 0 Å². The fraction of sp³-hybridized carbons (Fsp3) is 0.385. The second-order valence-corrected chi connectivity index (χ2v) is 4.76. The number of para-hydroxylation sites is 1. The molecule has 1 aromatic carbocycles. The maximum absolute atomic E-state index is 5.84. The molecule has 0 aliphatic carbocycles. The molecule has 1 heterocycles. The third-order valence-corrected chi connectivity index (χ3v) is 3.14. The van der Waals surface area contributed by atoms with Gasteiger partial charge in [-0.15, -0.1) is 0 Å². The Morgan fingerprint density at radius 3 is 2.67 bits per heavy atom. The molecule has 80 valence electrons. The van der Waals surface area contributed by atoms with Gasteiger partial charge in [-0.1, -0.05) is 32.0 Å². The predicted molar refractivity (Wildman–Crippen MR) is 65.0 cm³/mol. The molecule has 0 unspecified atom stereocenters. The Morgan fingerprint density at radius 2 is 2.00 bits per heavy atom. The number of fused-ring (bicyclic) bond motifs is 1. The summed E-state index contributed by atoms with van der Waals surface area (Å²) in [5.74, 6) is 0. The van der Waals surface area contributed by atoms with E-state index in [9.17, 15) is 0 Å². The first-order valence-electron chi connectivity index (χ1n) is 5.31. The lowest BCUT2D eigenvalue weighted by Gasteiger charge is -2.24. The van der Waals surface area contributed by atoms with Crippen LogP contribution in [0.1, 0.15) is 19.4 Å². The Labute approximate surface area is 90.7 Å². The van der Waals surface area contributed by atoms with Crippen molar-refractivity contribution in [2.75, 3.05) is 6.54 Å². The number of benzene rings is 1. The molecule has 0 aliphatic rings. The third-order valence-electron chi connectivity index (χ3n) is 3.14. The molecule has 2 nitrogen and oxygen atoms in total. The van der Waals surface area contributed by atoms with Crippen LogP contribution in [0, 0.1) is 0 Å². The second kappa shape index (κ2) is 3.38.